The lowest BCUT2D eigenvalue weighted by Crippen LogP contribution is -2.48. The Hall–Kier alpha value is -2.96. The maximum absolute atomic E-state index is 13.5. The van der Waals surface area contributed by atoms with Crippen molar-refractivity contribution in [2.75, 3.05) is 42.9 Å². The number of carbonyl (C=O) groups is 2. The molecule has 0 unspecified atom stereocenters. The number of thiophene rings is 1. The molecule has 3 aromatic rings. The number of hydrogen-bond donors (Lipinski definition) is 1. The molecule has 0 bridgehead atoms. The number of carbonyl (C=O) groups excluding carboxylic acids is 2. The van der Waals surface area contributed by atoms with Gasteiger partial charge in [-0.3, -0.25) is 14.5 Å². The summed E-state index contributed by atoms with van der Waals surface area (Å²) in [4.78, 5) is 32.3. The van der Waals surface area contributed by atoms with Crippen LogP contribution in [0.3, 0.4) is 0 Å². The molecule has 1 N–H and O–H groups in total. The lowest BCUT2D eigenvalue weighted by atomic mass is 9.91. The third-order valence-electron chi connectivity index (χ3n) is 6.83. The molecule has 5 nitrogen and oxygen atoms in total. The molecule has 0 atom stereocenters. The van der Waals surface area contributed by atoms with E-state index in [0.717, 1.165) is 68.0 Å². The van der Waals surface area contributed by atoms with Gasteiger partial charge in [0.05, 0.1) is 12.1 Å². The van der Waals surface area contributed by atoms with E-state index in [0.29, 0.717) is 17.7 Å². The summed E-state index contributed by atoms with van der Waals surface area (Å²) in [5.74, 6) is -0.0177. The summed E-state index contributed by atoms with van der Waals surface area (Å²) in [7, 11) is 0. The van der Waals surface area contributed by atoms with Gasteiger partial charge in [-0.1, -0.05) is 48.0 Å². The van der Waals surface area contributed by atoms with Gasteiger partial charge < -0.3 is 10.2 Å². The van der Waals surface area contributed by atoms with Crippen LogP contribution in [0.5, 0.6) is 0 Å². The fourth-order valence-electron chi connectivity index (χ4n) is 4.92. The van der Waals surface area contributed by atoms with E-state index in [2.05, 4.69) is 39.4 Å². The van der Waals surface area contributed by atoms with Gasteiger partial charge in [-0.25, -0.2) is 0 Å². The van der Waals surface area contributed by atoms with E-state index < -0.39 is 0 Å². The zero-order valence-corrected chi connectivity index (χ0v) is 20.5. The van der Waals surface area contributed by atoms with E-state index in [4.69, 9.17) is 0 Å². The molecule has 1 saturated heterocycles. The highest BCUT2D eigenvalue weighted by Crippen LogP contribution is 2.39. The summed E-state index contributed by atoms with van der Waals surface area (Å²) >= 11 is 1.60. The standard InChI is InChI=1S/C28H31N3O2S/c1-20-11-13-21(14-12-20)27(33)26-23-9-5-6-10-24(23)34-28(26)29-25(32)19-30-15-17-31(18-16-30)22-7-3-2-4-8-22/h2-4,7-8,11-14H,5-6,9-10,15-19H2,1H3,(H,29,32). The summed E-state index contributed by atoms with van der Waals surface area (Å²) in [5, 5.41) is 3.85. The first-order valence-corrected chi connectivity index (χ1v) is 13.0. The Morgan fingerprint density at radius 1 is 0.912 bits per heavy atom. The molecule has 176 valence electrons. The Balaban J connectivity index is 1.28. The van der Waals surface area contributed by atoms with Crippen molar-refractivity contribution in [3.8, 4) is 0 Å². The highest BCUT2D eigenvalue weighted by atomic mass is 32.1. The minimum absolute atomic E-state index is 0.0196. The fourth-order valence-corrected chi connectivity index (χ4v) is 6.22. The maximum atomic E-state index is 13.5. The fraction of sp³-hybridized carbons (Fsp3) is 0.357. The molecule has 6 heteroatoms. The van der Waals surface area contributed by atoms with Crippen LogP contribution in [0.25, 0.3) is 0 Å². The van der Waals surface area contributed by atoms with Crippen LogP contribution in [0, 0.1) is 6.92 Å². The number of benzene rings is 2. The van der Waals surface area contributed by atoms with Crippen molar-refractivity contribution in [1.82, 2.24) is 4.90 Å². The third-order valence-corrected chi connectivity index (χ3v) is 8.03. The van der Waals surface area contributed by atoms with E-state index >= 15 is 0 Å². The molecule has 1 aromatic heterocycles. The average molecular weight is 474 g/mol. The van der Waals surface area contributed by atoms with Crippen LogP contribution in [0.4, 0.5) is 10.7 Å². The van der Waals surface area contributed by atoms with Gasteiger partial charge in [0.15, 0.2) is 5.78 Å². The summed E-state index contributed by atoms with van der Waals surface area (Å²) in [5.41, 5.74) is 4.91. The topological polar surface area (TPSA) is 52.7 Å². The number of piperazine rings is 1. The SMILES string of the molecule is Cc1ccc(C(=O)c2c(NC(=O)CN3CCN(c4ccccc4)CC3)sc3c2CCCC3)cc1. The summed E-state index contributed by atoms with van der Waals surface area (Å²) in [6, 6.07) is 18.1. The van der Waals surface area contributed by atoms with E-state index in [9.17, 15) is 9.59 Å². The molecule has 1 aliphatic heterocycles. The van der Waals surface area contributed by atoms with Gasteiger partial charge in [0.25, 0.3) is 0 Å². The number of anilines is 2. The largest absolute Gasteiger partial charge is 0.369 e. The molecule has 34 heavy (non-hydrogen) atoms. The van der Waals surface area contributed by atoms with Crippen LogP contribution in [0.1, 0.15) is 44.8 Å². The van der Waals surface area contributed by atoms with E-state index in [1.54, 1.807) is 11.3 Å². The van der Waals surface area contributed by atoms with E-state index in [1.165, 1.54) is 10.6 Å². The van der Waals surface area contributed by atoms with Crippen LogP contribution in [-0.2, 0) is 17.6 Å². The van der Waals surface area contributed by atoms with Crippen LogP contribution in [0.2, 0.25) is 0 Å². The van der Waals surface area contributed by atoms with Crippen molar-refractivity contribution in [2.45, 2.75) is 32.6 Å². The number of para-hydroxylation sites is 1. The second-order valence-corrected chi connectivity index (χ2v) is 10.4. The molecule has 2 aromatic carbocycles. The summed E-state index contributed by atoms with van der Waals surface area (Å²) in [6.07, 6.45) is 4.14. The van der Waals surface area contributed by atoms with Crippen LogP contribution in [-0.4, -0.2) is 49.3 Å². The van der Waals surface area contributed by atoms with Crippen molar-refractivity contribution in [2.24, 2.45) is 0 Å². The number of aryl methyl sites for hydroxylation is 2. The summed E-state index contributed by atoms with van der Waals surface area (Å²) < 4.78 is 0. The highest BCUT2D eigenvalue weighted by Gasteiger charge is 2.28. The zero-order chi connectivity index (χ0) is 23.5. The van der Waals surface area contributed by atoms with Gasteiger partial charge in [-0.2, -0.15) is 0 Å². The van der Waals surface area contributed by atoms with Crippen molar-refractivity contribution >= 4 is 33.7 Å². The normalized spacial score (nSPS) is 16.2. The number of rotatable bonds is 6. The molecule has 0 radical (unpaired) electrons. The van der Waals surface area contributed by atoms with Crippen LogP contribution < -0.4 is 10.2 Å². The molecule has 0 spiro atoms. The average Bonchev–Trinajstić information content (AvgIpc) is 3.22. The van der Waals surface area contributed by atoms with Crippen LogP contribution in [0.15, 0.2) is 54.6 Å². The first kappa shape index (κ1) is 22.8. The molecular weight excluding hydrogens is 442 g/mol. The lowest BCUT2D eigenvalue weighted by molar-refractivity contribution is -0.117. The lowest BCUT2D eigenvalue weighted by Gasteiger charge is -2.35. The molecule has 0 saturated carbocycles. The van der Waals surface area contributed by atoms with Crippen molar-refractivity contribution < 1.29 is 9.59 Å². The van der Waals surface area contributed by atoms with Crippen LogP contribution >= 0.6 is 11.3 Å². The second kappa shape index (κ2) is 10.1. The van der Waals surface area contributed by atoms with Gasteiger partial charge in [-0.05, 0) is 50.3 Å². The number of nitrogens with one attached hydrogen (secondary N) is 1. The number of amides is 1. The number of hydrogen-bond acceptors (Lipinski definition) is 5. The highest BCUT2D eigenvalue weighted by molar-refractivity contribution is 7.17. The van der Waals surface area contributed by atoms with Gasteiger partial charge in [0, 0.05) is 42.3 Å². The minimum atomic E-state index is -0.0373. The quantitative estimate of drug-likeness (QED) is 0.516. The summed E-state index contributed by atoms with van der Waals surface area (Å²) in [6.45, 7) is 5.87. The molecule has 1 amide bonds. The second-order valence-electron chi connectivity index (χ2n) is 9.26. The number of ketones is 1. The molecule has 5 rings (SSSR count). The zero-order valence-electron chi connectivity index (χ0n) is 19.7. The Bertz CT molecular complexity index is 1160. The van der Waals surface area contributed by atoms with Gasteiger partial charge in [-0.15, -0.1) is 11.3 Å². The monoisotopic (exact) mass is 473 g/mol. The number of fused-ring (bicyclic) bond motifs is 1. The van der Waals surface area contributed by atoms with E-state index in [1.807, 2.05) is 37.3 Å². The third kappa shape index (κ3) is 4.93. The van der Waals surface area contributed by atoms with Crippen molar-refractivity contribution in [3.63, 3.8) is 0 Å². The molecular formula is C28H31N3O2S. The Morgan fingerprint density at radius 3 is 2.35 bits per heavy atom. The Labute approximate surface area is 205 Å². The van der Waals surface area contributed by atoms with Crippen molar-refractivity contribution in [1.29, 1.82) is 0 Å². The van der Waals surface area contributed by atoms with Gasteiger partial charge >= 0.3 is 0 Å². The molecule has 2 heterocycles. The van der Waals surface area contributed by atoms with Gasteiger partial charge in [0.2, 0.25) is 5.91 Å². The number of nitrogens with zero attached hydrogens (tertiary/aromatic N) is 2. The first-order valence-electron chi connectivity index (χ1n) is 12.2. The first-order chi connectivity index (χ1) is 16.6. The van der Waals surface area contributed by atoms with E-state index in [-0.39, 0.29) is 11.7 Å². The predicted molar refractivity (Wildman–Crippen MR) is 139 cm³/mol. The maximum Gasteiger partial charge on any atom is 0.239 e. The Kier molecular flexibility index (Phi) is 6.79. The smallest absolute Gasteiger partial charge is 0.239 e. The minimum Gasteiger partial charge on any atom is -0.369 e. The predicted octanol–water partition coefficient (Wildman–Crippen LogP) is 4.93. The van der Waals surface area contributed by atoms with Gasteiger partial charge in [0.1, 0.15) is 5.00 Å². The molecule has 1 aliphatic carbocycles. The Morgan fingerprint density at radius 2 is 1.62 bits per heavy atom. The van der Waals surface area contributed by atoms with Crippen molar-refractivity contribution in [3.05, 3.63) is 81.7 Å². The molecule has 1 fully saturated rings. The molecule has 2 aliphatic rings.